The van der Waals surface area contributed by atoms with Gasteiger partial charge in [-0.05, 0) is 56.8 Å². The number of likely N-dealkylation sites (tertiary alicyclic amines) is 1. The molecule has 3 aromatic rings. The minimum absolute atomic E-state index is 0.0606. The maximum Gasteiger partial charge on any atom is 0.420 e. The minimum Gasteiger partial charge on any atom is -0.490 e. The summed E-state index contributed by atoms with van der Waals surface area (Å²) >= 11 is 5.71. The van der Waals surface area contributed by atoms with E-state index < -0.39 is 34.3 Å². The molecule has 1 aliphatic heterocycles. The van der Waals surface area contributed by atoms with E-state index in [0.29, 0.717) is 18.2 Å². The highest BCUT2D eigenvalue weighted by Crippen LogP contribution is 2.31. The lowest BCUT2D eigenvalue weighted by atomic mass is 10.00. The number of ether oxygens (including phenoxy) is 2. The lowest BCUT2D eigenvalue weighted by Crippen LogP contribution is -2.34. The number of nitrogens with one attached hydrogen (secondary N) is 1. The number of piperidine rings is 1. The van der Waals surface area contributed by atoms with E-state index in [9.17, 15) is 18.0 Å². The average molecular weight is 536 g/mol. The first kappa shape index (κ1) is 26.5. The number of halogens is 4. The van der Waals surface area contributed by atoms with Gasteiger partial charge in [0.25, 0.3) is 0 Å². The van der Waals surface area contributed by atoms with Crippen LogP contribution in [0, 0.1) is 23.4 Å². The molecular weight excluding hydrogens is 511 g/mol. The number of amides is 1. The van der Waals surface area contributed by atoms with E-state index >= 15 is 0 Å². The molecule has 2 heterocycles. The van der Waals surface area contributed by atoms with Crippen LogP contribution in [0.5, 0.6) is 11.5 Å². The Balaban J connectivity index is 1.39. The fourth-order valence-corrected chi connectivity index (χ4v) is 4.08. The first-order chi connectivity index (χ1) is 17.7. The largest absolute Gasteiger partial charge is 0.490 e. The van der Waals surface area contributed by atoms with Crippen LogP contribution in [-0.2, 0) is 0 Å². The first-order valence-electron chi connectivity index (χ1n) is 11.5. The van der Waals surface area contributed by atoms with Gasteiger partial charge in [0.2, 0.25) is 5.95 Å². The summed E-state index contributed by atoms with van der Waals surface area (Å²) in [5, 5.41) is 2.20. The predicted molar refractivity (Wildman–Crippen MR) is 133 cm³/mol. The van der Waals surface area contributed by atoms with Crippen LogP contribution in [0.2, 0.25) is 5.02 Å². The first-order valence-corrected chi connectivity index (χ1v) is 11.9. The molecule has 37 heavy (non-hydrogen) atoms. The standard InChI is InChI=1S/C25H25ClF3N5O3/c1-33-11-3-4-15(13-33)14-36-20-8-5-16(12-19(20)29)31-24-30-10-9-21(32-24)34(2)25(35)37-23-18(28)7-6-17(27)22(23)26/h5-10,12,15H,3-4,11,13-14H2,1-2H3,(H,30,31,32). The van der Waals surface area contributed by atoms with Crippen LogP contribution in [0.4, 0.5) is 35.4 Å². The SMILES string of the molecule is CN1CCCC(COc2ccc(Nc3nccc(N(C)C(=O)Oc4c(F)ccc(F)c4Cl)n3)cc2F)C1. The summed E-state index contributed by atoms with van der Waals surface area (Å²) in [5.74, 6) is -2.58. The zero-order chi connectivity index (χ0) is 26.5. The molecule has 0 aliphatic carbocycles. The van der Waals surface area contributed by atoms with E-state index in [1.54, 1.807) is 6.07 Å². The summed E-state index contributed by atoms with van der Waals surface area (Å²) in [6, 6.07) is 7.41. The Morgan fingerprint density at radius 1 is 1.19 bits per heavy atom. The van der Waals surface area contributed by atoms with Crippen molar-refractivity contribution in [3.63, 3.8) is 0 Å². The van der Waals surface area contributed by atoms with Crippen molar-refractivity contribution in [1.82, 2.24) is 14.9 Å². The zero-order valence-electron chi connectivity index (χ0n) is 20.2. The highest BCUT2D eigenvalue weighted by Gasteiger charge is 2.22. The summed E-state index contributed by atoms with van der Waals surface area (Å²) in [4.78, 5) is 23.9. The Kier molecular flexibility index (Phi) is 8.34. The van der Waals surface area contributed by atoms with Crippen molar-refractivity contribution in [3.8, 4) is 11.5 Å². The number of carbonyl (C=O) groups excluding carboxylic acids is 1. The minimum atomic E-state index is -1.06. The van der Waals surface area contributed by atoms with Crippen LogP contribution in [0.25, 0.3) is 0 Å². The van der Waals surface area contributed by atoms with Gasteiger partial charge in [-0.25, -0.2) is 22.9 Å². The van der Waals surface area contributed by atoms with Gasteiger partial charge in [-0.3, -0.25) is 4.90 Å². The quantitative estimate of drug-likeness (QED) is 0.392. The number of hydrogen-bond acceptors (Lipinski definition) is 7. The third-order valence-corrected chi connectivity index (χ3v) is 6.19. The Bertz CT molecular complexity index is 1280. The number of nitrogens with zero attached hydrogens (tertiary/aromatic N) is 4. The summed E-state index contributed by atoms with van der Waals surface area (Å²) in [7, 11) is 3.38. The summed E-state index contributed by atoms with van der Waals surface area (Å²) in [6.07, 6.45) is 2.44. The highest BCUT2D eigenvalue weighted by molar-refractivity contribution is 6.32. The van der Waals surface area contributed by atoms with Crippen LogP contribution in [-0.4, -0.2) is 54.8 Å². The number of benzene rings is 2. The average Bonchev–Trinajstić information content (AvgIpc) is 2.88. The Hall–Kier alpha value is -3.57. The van der Waals surface area contributed by atoms with Crippen molar-refractivity contribution in [1.29, 1.82) is 0 Å². The molecule has 196 valence electrons. The molecule has 1 fully saturated rings. The van der Waals surface area contributed by atoms with Crippen molar-refractivity contribution in [2.24, 2.45) is 5.92 Å². The van der Waals surface area contributed by atoms with Gasteiger partial charge in [-0.1, -0.05) is 11.6 Å². The third kappa shape index (κ3) is 6.60. The second kappa shape index (κ2) is 11.7. The molecule has 1 N–H and O–H groups in total. The van der Waals surface area contributed by atoms with Crippen LogP contribution >= 0.6 is 11.6 Å². The molecule has 2 aromatic carbocycles. The molecule has 1 saturated heterocycles. The molecule has 0 spiro atoms. The van der Waals surface area contributed by atoms with Crippen molar-refractivity contribution >= 4 is 35.1 Å². The number of hydrogen-bond donors (Lipinski definition) is 1. The number of anilines is 3. The normalized spacial score (nSPS) is 15.8. The van der Waals surface area contributed by atoms with Crippen LogP contribution in [0.3, 0.4) is 0 Å². The summed E-state index contributed by atoms with van der Waals surface area (Å²) in [5.41, 5.74) is 0.359. The Morgan fingerprint density at radius 3 is 2.73 bits per heavy atom. The van der Waals surface area contributed by atoms with E-state index in [2.05, 4.69) is 27.2 Å². The molecule has 8 nitrogen and oxygen atoms in total. The predicted octanol–water partition coefficient (Wildman–Crippen LogP) is 5.65. The molecule has 0 saturated carbocycles. The third-order valence-electron chi connectivity index (χ3n) is 5.83. The molecule has 1 atom stereocenters. The number of aromatic nitrogens is 2. The van der Waals surface area contributed by atoms with Crippen molar-refractivity contribution in [2.45, 2.75) is 12.8 Å². The lowest BCUT2D eigenvalue weighted by molar-refractivity contribution is 0.147. The van der Waals surface area contributed by atoms with E-state index in [4.69, 9.17) is 21.1 Å². The van der Waals surface area contributed by atoms with Gasteiger partial charge in [0.1, 0.15) is 16.7 Å². The Morgan fingerprint density at radius 2 is 1.97 bits per heavy atom. The van der Waals surface area contributed by atoms with Gasteiger partial charge >= 0.3 is 6.09 Å². The van der Waals surface area contributed by atoms with E-state index in [0.717, 1.165) is 43.0 Å². The van der Waals surface area contributed by atoms with Crippen molar-refractivity contribution < 1.29 is 27.4 Å². The maximum absolute atomic E-state index is 14.6. The second-order valence-electron chi connectivity index (χ2n) is 8.69. The Labute approximate surface area is 217 Å². The van der Waals surface area contributed by atoms with Gasteiger partial charge in [-0.2, -0.15) is 4.98 Å². The second-order valence-corrected chi connectivity index (χ2v) is 9.07. The smallest absolute Gasteiger partial charge is 0.420 e. The maximum atomic E-state index is 14.6. The van der Waals surface area contributed by atoms with Crippen molar-refractivity contribution in [2.75, 3.05) is 44.0 Å². The van der Waals surface area contributed by atoms with Gasteiger partial charge in [-0.15, -0.1) is 0 Å². The number of rotatable bonds is 7. The monoisotopic (exact) mass is 535 g/mol. The molecule has 1 aliphatic rings. The number of carbonyl (C=O) groups is 1. The molecular formula is C25H25ClF3N5O3. The molecule has 4 rings (SSSR count). The lowest BCUT2D eigenvalue weighted by Gasteiger charge is -2.29. The highest BCUT2D eigenvalue weighted by atomic mass is 35.5. The molecule has 0 bridgehead atoms. The van der Waals surface area contributed by atoms with Gasteiger partial charge in [0.15, 0.2) is 23.1 Å². The van der Waals surface area contributed by atoms with Gasteiger partial charge < -0.3 is 19.7 Å². The summed E-state index contributed by atoms with van der Waals surface area (Å²) < 4.78 is 52.9. The van der Waals surface area contributed by atoms with Gasteiger partial charge in [0, 0.05) is 37.5 Å². The summed E-state index contributed by atoms with van der Waals surface area (Å²) in [6.45, 7) is 2.42. The molecule has 0 radical (unpaired) electrons. The molecule has 1 amide bonds. The fourth-order valence-electron chi connectivity index (χ4n) is 3.89. The molecule has 1 aromatic heterocycles. The molecule has 12 heteroatoms. The van der Waals surface area contributed by atoms with Crippen LogP contribution in [0.1, 0.15) is 12.8 Å². The zero-order valence-corrected chi connectivity index (χ0v) is 20.9. The van der Waals surface area contributed by atoms with Crippen LogP contribution < -0.4 is 19.7 Å². The van der Waals surface area contributed by atoms with E-state index in [1.807, 2.05) is 0 Å². The van der Waals surface area contributed by atoms with Crippen LogP contribution in [0.15, 0.2) is 42.6 Å². The van der Waals surface area contributed by atoms with E-state index in [1.165, 1.54) is 31.4 Å². The fraction of sp³-hybridized carbons (Fsp3) is 0.320. The van der Waals surface area contributed by atoms with Gasteiger partial charge in [0.05, 0.1) is 6.61 Å². The van der Waals surface area contributed by atoms with E-state index in [-0.39, 0.29) is 17.5 Å². The molecule has 1 unspecified atom stereocenters. The topological polar surface area (TPSA) is 79.8 Å². The van der Waals surface area contributed by atoms with Crippen molar-refractivity contribution in [3.05, 3.63) is 65.1 Å².